The Morgan fingerprint density at radius 1 is 1.39 bits per heavy atom. The Morgan fingerprint density at radius 3 is 2.89 bits per heavy atom. The van der Waals surface area contributed by atoms with Crippen LogP contribution >= 0.6 is 0 Å². The van der Waals surface area contributed by atoms with Gasteiger partial charge in [0.05, 0.1) is 6.61 Å². The first-order valence-electron chi connectivity index (χ1n) is 7.18. The lowest BCUT2D eigenvalue weighted by Crippen LogP contribution is -2.17. The molecule has 2 aliphatic carbocycles. The molecule has 0 aromatic carbocycles. The van der Waals surface area contributed by atoms with Gasteiger partial charge in [0.2, 0.25) is 0 Å². The first kappa shape index (κ1) is 13.4. The predicted molar refractivity (Wildman–Crippen MR) is 73.2 cm³/mol. The van der Waals surface area contributed by atoms with E-state index in [0.717, 1.165) is 11.5 Å². The number of hydrogen-bond donors (Lipinski definition) is 0. The lowest BCUT2D eigenvalue weighted by Gasteiger charge is -2.28. The molecule has 0 heterocycles. The monoisotopic (exact) mass is 248 g/mol. The number of esters is 1. The van der Waals surface area contributed by atoms with Crippen molar-refractivity contribution >= 4 is 5.97 Å². The molecule has 2 atom stereocenters. The number of rotatable bonds is 3. The molecule has 0 radical (unpaired) electrons. The molecule has 0 bridgehead atoms. The van der Waals surface area contributed by atoms with E-state index in [0.29, 0.717) is 12.5 Å². The first-order valence-corrected chi connectivity index (χ1v) is 7.18. The molecule has 18 heavy (non-hydrogen) atoms. The second-order valence-corrected chi connectivity index (χ2v) is 5.58. The molecule has 0 N–H and O–H groups in total. The number of hydrogen-bond acceptors (Lipinski definition) is 2. The van der Waals surface area contributed by atoms with Gasteiger partial charge >= 0.3 is 5.97 Å². The van der Waals surface area contributed by atoms with Gasteiger partial charge in [-0.05, 0) is 58.3 Å². The SMILES string of the molecule is CCOC(=O)/C(C)=C/[C@@H]1CCC[C@H]2CCC(C)=C21. The van der Waals surface area contributed by atoms with E-state index in [1.807, 2.05) is 13.8 Å². The van der Waals surface area contributed by atoms with E-state index in [4.69, 9.17) is 4.74 Å². The summed E-state index contributed by atoms with van der Waals surface area (Å²) >= 11 is 0. The maximum atomic E-state index is 11.7. The summed E-state index contributed by atoms with van der Waals surface area (Å²) in [7, 11) is 0. The van der Waals surface area contributed by atoms with Gasteiger partial charge in [0.25, 0.3) is 0 Å². The van der Waals surface area contributed by atoms with Gasteiger partial charge in [-0.3, -0.25) is 0 Å². The van der Waals surface area contributed by atoms with Crippen molar-refractivity contribution in [3.63, 3.8) is 0 Å². The minimum absolute atomic E-state index is 0.157. The van der Waals surface area contributed by atoms with Gasteiger partial charge in [-0.15, -0.1) is 0 Å². The number of carbonyl (C=O) groups excluding carboxylic acids is 1. The Labute approximate surface area is 110 Å². The number of ether oxygens (including phenoxy) is 1. The lowest BCUT2D eigenvalue weighted by atomic mass is 9.77. The third-order valence-corrected chi connectivity index (χ3v) is 4.32. The zero-order valence-corrected chi connectivity index (χ0v) is 11.8. The summed E-state index contributed by atoms with van der Waals surface area (Å²) in [6.45, 7) is 6.46. The van der Waals surface area contributed by atoms with E-state index in [1.54, 1.807) is 11.1 Å². The zero-order valence-electron chi connectivity index (χ0n) is 11.8. The largest absolute Gasteiger partial charge is 0.463 e. The first-order chi connectivity index (χ1) is 8.63. The summed E-state index contributed by atoms with van der Waals surface area (Å²) in [5, 5.41) is 0. The Balaban J connectivity index is 2.15. The lowest BCUT2D eigenvalue weighted by molar-refractivity contribution is -0.138. The molecule has 2 heteroatoms. The van der Waals surface area contributed by atoms with E-state index in [1.165, 1.54) is 32.1 Å². The molecule has 2 aliphatic rings. The number of fused-ring (bicyclic) bond motifs is 1. The van der Waals surface area contributed by atoms with Gasteiger partial charge in [0.15, 0.2) is 0 Å². The van der Waals surface area contributed by atoms with Crippen LogP contribution in [0, 0.1) is 11.8 Å². The van der Waals surface area contributed by atoms with E-state index >= 15 is 0 Å². The van der Waals surface area contributed by atoms with Crippen molar-refractivity contribution in [2.45, 2.75) is 52.9 Å². The molecule has 0 amide bonds. The summed E-state index contributed by atoms with van der Waals surface area (Å²) in [5.74, 6) is 1.11. The topological polar surface area (TPSA) is 26.3 Å². The fourth-order valence-corrected chi connectivity index (χ4v) is 3.49. The van der Waals surface area contributed by atoms with E-state index in [2.05, 4.69) is 13.0 Å². The third kappa shape index (κ3) is 2.68. The average molecular weight is 248 g/mol. The summed E-state index contributed by atoms with van der Waals surface area (Å²) in [6, 6.07) is 0. The quantitative estimate of drug-likeness (QED) is 0.428. The van der Waals surface area contributed by atoms with Gasteiger partial charge in [-0.25, -0.2) is 4.79 Å². The Morgan fingerprint density at radius 2 is 2.17 bits per heavy atom. The minimum Gasteiger partial charge on any atom is -0.463 e. The molecule has 0 saturated heterocycles. The summed E-state index contributed by atoms with van der Waals surface area (Å²) in [6.07, 6.45) is 8.55. The van der Waals surface area contributed by atoms with Crippen molar-refractivity contribution in [3.05, 3.63) is 22.8 Å². The fraction of sp³-hybridized carbons (Fsp3) is 0.688. The van der Waals surface area contributed by atoms with Crippen LogP contribution in [0.3, 0.4) is 0 Å². The van der Waals surface area contributed by atoms with Crippen LogP contribution in [0.15, 0.2) is 22.8 Å². The highest BCUT2D eigenvalue weighted by molar-refractivity contribution is 5.87. The van der Waals surface area contributed by atoms with Gasteiger partial charge in [0.1, 0.15) is 0 Å². The van der Waals surface area contributed by atoms with E-state index < -0.39 is 0 Å². The maximum absolute atomic E-state index is 11.7. The molecule has 0 unspecified atom stereocenters. The summed E-state index contributed by atoms with van der Waals surface area (Å²) in [5.41, 5.74) is 3.97. The Hall–Kier alpha value is -1.05. The maximum Gasteiger partial charge on any atom is 0.333 e. The van der Waals surface area contributed by atoms with Crippen LogP contribution in [-0.2, 0) is 9.53 Å². The van der Waals surface area contributed by atoms with Gasteiger partial charge in [0, 0.05) is 5.57 Å². The number of allylic oxidation sites excluding steroid dienone is 3. The highest BCUT2D eigenvalue weighted by Crippen LogP contribution is 2.45. The van der Waals surface area contributed by atoms with Crippen molar-refractivity contribution in [3.8, 4) is 0 Å². The van der Waals surface area contributed by atoms with Crippen LogP contribution in [0.1, 0.15) is 52.9 Å². The summed E-state index contributed by atoms with van der Waals surface area (Å²) in [4.78, 5) is 11.7. The van der Waals surface area contributed by atoms with Crippen LogP contribution < -0.4 is 0 Å². The van der Waals surface area contributed by atoms with E-state index in [-0.39, 0.29) is 5.97 Å². The zero-order chi connectivity index (χ0) is 13.1. The Kier molecular flexibility index (Phi) is 4.26. The molecular formula is C16H24O2. The summed E-state index contributed by atoms with van der Waals surface area (Å²) < 4.78 is 5.06. The molecule has 1 fully saturated rings. The van der Waals surface area contributed by atoms with Crippen molar-refractivity contribution in [1.29, 1.82) is 0 Å². The molecule has 0 spiro atoms. The van der Waals surface area contributed by atoms with Crippen molar-refractivity contribution in [2.75, 3.05) is 6.61 Å². The molecule has 0 aromatic rings. The van der Waals surface area contributed by atoms with Crippen LogP contribution in [0.25, 0.3) is 0 Å². The van der Waals surface area contributed by atoms with Crippen LogP contribution in [-0.4, -0.2) is 12.6 Å². The standard InChI is InChI=1S/C16H24O2/c1-4-18-16(17)12(3)10-14-7-5-6-13-9-8-11(2)15(13)14/h10,13-14H,4-9H2,1-3H3/b12-10+/t13-,14-/m0/s1. The predicted octanol–water partition coefficient (Wildman–Crippen LogP) is 4.02. The van der Waals surface area contributed by atoms with Gasteiger partial charge in [-0.1, -0.05) is 23.6 Å². The van der Waals surface area contributed by atoms with Crippen LogP contribution in [0.4, 0.5) is 0 Å². The third-order valence-electron chi connectivity index (χ3n) is 4.32. The van der Waals surface area contributed by atoms with Crippen LogP contribution in [0.2, 0.25) is 0 Å². The van der Waals surface area contributed by atoms with E-state index in [9.17, 15) is 4.79 Å². The van der Waals surface area contributed by atoms with Gasteiger partial charge in [-0.2, -0.15) is 0 Å². The number of carbonyl (C=O) groups is 1. The molecule has 100 valence electrons. The molecular weight excluding hydrogens is 224 g/mol. The fourth-order valence-electron chi connectivity index (χ4n) is 3.49. The highest BCUT2D eigenvalue weighted by atomic mass is 16.5. The van der Waals surface area contributed by atoms with Crippen molar-refractivity contribution in [1.82, 2.24) is 0 Å². The van der Waals surface area contributed by atoms with Gasteiger partial charge < -0.3 is 4.74 Å². The van der Waals surface area contributed by atoms with Crippen LogP contribution in [0.5, 0.6) is 0 Å². The van der Waals surface area contributed by atoms with Crippen molar-refractivity contribution < 1.29 is 9.53 Å². The molecule has 0 aliphatic heterocycles. The minimum atomic E-state index is -0.157. The molecule has 2 nitrogen and oxygen atoms in total. The second-order valence-electron chi connectivity index (χ2n) is 5.58. The smallest absolute Gasteiger partial charge is 0.333 e. The molecule has 2 rings (SSSR count). The highest BCUT2D eigenvalue weighted by Gasteiger charge is 2.31. The second kappa shape index (κ2) is 5.73. The van der Waals surface area contributed by atoms with Crippen molar-refractivity contribution in [2.24, 2.45) is 11.8 Å². The normalized spacial score (nSPS) is 28.3. The average Bonchev–Trinajstić information content (AvgIpc) is 2.72. The molecule has 0 aromatic heterocycles. The Bertz CT molecular complexity index is 390. The molecule has 1 saturated carbocycles.